The van der Waals surface area contributed by atoms with E-state index in [4.69, 9.17) is 4.74 Å². The zero-order valence-electron chi connectivity index (χ0n) is 9.87. The SMILES string of the molecule is COCCN(C)CCNc1ccccc1Br. The van der Waals surface area contributed by atoms with Crippen molar-refractivity contribution in [2.24, 2.45) is 0 Å². The van der Waals surface area contributed by atoms with Gasteiger partial charge in [0.1, 0.15) is 0 Å². The Balaban J connectivity index is 2.23. The molecule has 1 aromatic rings. The number of benzene rings is 1. The highest BCUT2D eigenvalue weighted by molar-refractivity contribution is 9.10. The van der Waals surface area contributed by atoms with E-state index in [-0.39, 0.29) is 0 Å². The van der Waals surface area contributed by atoms with E-state index in [9.17, 15) is 0 Å². The zero-order chi connectivity index (χ0) is 11.8. The van der Waals surface area contributed by atoms with Gasteiger partial charge in [-0.1, -0.05) is 12.1 Å². The topological polar surface area (TPSA) is 24.5 Å². The van der Waals surface area contributed by atoms with Crippen LogP contribution in [0.2, 0.25) is 0 Å². The van der Waals surface area contributed by atoms with Crippen molar-refractivity contribution in [1.82, 2.24) is 4.90 Å². The molecule has 0 spiro atoms. The summed E-state index contributed by atoms with van der Waals surface area (Å²) in [7, 11) is 3.83. The maximum Gasteiger partial charge on any atom is 0.0589 e. The van der Waals surface area contributed by atoms with Crippen LogP contribution in [-0.4, -0.2) is 45.3 Å². The molecule has 0 aliphatic carbocycles. The molecule has 0 heterocycles. The first-order valence-corrected chi connectivity index (χ1v) is 6.19. The lowest BCUT2D eigenvalue weighted by atomic mass is 10.3. The van der Waals surface area contributed by atoms with Gasteiger partial charge in [0.05, 0.1) is 6.61 Å². The van der Waals surface area contributed by atoms with Crippen molar-refractivity contribution in [2.75, 3.05) is 45.7 Å². The van der Waals surface area contributed by atoms with Gasteiger partial charge < -0.3 is 15.0 Å². The van der Waals surface area contributed by atoms with Crippen LogP contribution in [0.4, 0.5) is 5.69 Å². The van der Waals surface area contributed by atoms with Crippen LogP contribution in [0.15, 0.2) is 28.7 Å². The molecule has 0 radical (unpaired) electrons. The van der Waals surface area contributed by atoms with E-state index in [1.165, 1.54) is 0 Å². The fourth-order valence-electron chi connectivity index (χ4n) is 1.34. The highest BCUT2D eigenvalue weighted by atomic mass is 79.9. The van der Waals surface area contributed by atoms with E-state index in [2.05, 4.69) is 39.3 Å². The van der Waals surface area contributed by atoms with Gasteiger partial charge in [0, 0.05) is 36.9 Å². The van der Waals surface area contributed by atoms with Crippen LogP contribution in [-0.2, 0) is 4.74 Å². The summed E-state index contributed by atoms with van der Waals surface area (Å²) < 4.78 is 6.13. The van der Waals surface area contributed by atoms with Crippen molar-refractivity contribution in [3.8, 4) is 0 Å². The Bertz CT molecular complexity index is 307. The average molecular weight is 287 g/mol. The van der Waals surface area contributed by atoms with E-state index in [0.717, 1.165) is 36.4 Å². The van der Waals surface area contributed by atoms with Crippen LogP contribution in [0, 0.1) is 0 Å². The molecular weight excluding hydrogens is 268 g/mol. The highest BCUT2D eigenvalue weighted by Crippen LogP contribution is 2.20. The number of para-hydroxylation sites is 1. The fraction of sp³-hybridized carbons (Fsp3) is 0.500. The third-order valence-corrected chi connectivity index (χ3v) is 3.05. The van der Waals surface area contributed by atoms with Crippen LogP contribution in [0.5, 0.6) is 0 Å². The van der Waals surface area contributed by atoms with E-state index in [1.54, 1.807) is 7.11 Å². The standard InChI is InChI=1S/C12H19BrN2O/c1-15(9-10-16-2)8-7-14-12-6-4-3-5-11(12)13/h3-6,14H,7-10H2,1-2H3. The molecule has 0 fully saturated rings. The van der Waals surface area contributed by atoms with Gasteiger partial charge in [-0.2, -0.15) is 0 Å². The summed E-state index contributed by atoms with van der Waals surface area (Å²) in [5, 5.41) is 3.39. The molecule has 1 rings (SSSR count). The zero-order valence-corrected chi connectivity index (χ0v) is 11.5. The van der Waals surface area contributed by atoms with Crippen LogP contribution < -0.4 is 5.32 Å². The van der Waals surface area contributed by atoms with E-state index >= 15 is 0 Å². The second-order valence-electron chi connectivity index (χ2n) is 3.70. The summed E-state index contributed by atoms with van der Waals surface area (Å²) in [5.74, 6) is 0. The molecule has 0 bridgehead atoms. The van der Waals surface area contributed by atoms with Crippen molar-refractivity contribution in [1.29, 1.82) is 0 Å². The number of methoxy groups -OCH3 is 1. The van der Waals surface area contributed by atoms with Crippen LogP contribution >= 0.6 is 15.9 Å². The summed E-state index contributed by atoms with van der Waals surface area (Å²) in [5.41, 5.74) is 1.14. The normalized spacial score (nSPS) is 10.8. The van der Waals surface area contributed by atoms with Crippen LogP contribution in [0.3, 0.4) is 0 Å². The maximum absolute atomic E-state index is 5.03. The maximum atomic E-state index is 5.03. The van der Waals surface area contributed by atoms with E-state index in [1.807, 2.05) is 18.2 Å². The Kier molecular flexibility index (Phi) is 6.45. The van der Waals surface area contributed by atoms with Crippen molar-refractivity contribution in [3.05, 3.63) is 28.7 Å². The molecular formula is C12H19BrN2O. The Morgan fingerprint density at radius 3 is 2.75 bits per heavy atom. The Morgan fingerprint density at radius 1 is 1.31 bits per heavy atom. The Hall–Kier alpha value is -0.580. The first-order chi connectivity index (χ1) is 7.74. The molecule has 0 aliphatic heterocycles. The number of nitrogens with one attached hydrogen (secondary N) is 1. The molecule has 1 aromatic carbocycles. The minimum Gasteiger partial charge on any atom is -0.383 e. The molecule has 16 heavy (non-hydrogen) atoms. The fourth-order valence-corrected chi connectivity index (χ4v) is 1.77. The number of nitrogens with zero attached hydrogens (tertiary/aromatic N) is 1. The Labute approximate surface area is 106 Å². The van der Waals surface area contributed by atoms with Crippen molar-refractivity contribution in [3.63, 3.8) is 0 Å². The van der Waals surface area contributed by atoms with Gasteiger partial charge in [-0.05, 0) is 35.1 Å². The van der Waals surface area contributed by atoms with E-state index < -0.39 is 0 Å². The quantitative estimate of drug-likeness (QED) is 0.833. The second kappa shape index (κ2) is 7.65. The summed E-state index contributed by atoms with van der Waals surface area (Å²) in [6.45, 7) is 3.69. The minimum atomic E-state index is 0.783. The van der Waals surface area contributed by atoms with Crippen molar-refractivity contribution in [2.45, 2.75) is 0 Å². The first-order valence-electron chi connectivity index (χ1n) is 5.40. The number of halogens is 1. The van der Waals surface area contributed by atoms with Gasteiger partial charge in [-0.25, -0.2) is 0 Å². The summed E-state index contributed by atoms with van der Waals surface area (Å²) in [4.78, 5) is 2.24. The largest absolute Gasteiger partial charge is 0.383 e. The molecule has 0 unspecified atom stereocenters. The molecule has 0 atom stereocenters. The summed E-state index contributed by atoms with van der Waals surface area (Å²) >= 11 is 3.51. The lowest BCUT2D eigenvalue weighted by Gasteiger charge is -2.17. The van der Waals surface area contributed by atoms with Crippen LogP contribution in [0.25, 0.3) is 0 Å². The molecule has 0 aliphatic rings. The third kappa shape index (κ3) is 4.96. The van der Waals surface area contributed by atoms with Gasteiger partial charge in [0.2, 0.25) is 0 Å². The number of likely N-dealkylation sites (N-methyl/N-ethyl adjacent to an activating group) is 1. The summed E-state index contributed by atoms with van der Waals surface area (Å²) in [6, 6.07) is 8.15. The third-order valence-electron chi connectivity index (χ3n) is 2.36. The van der Waals surface area contributed by atoms with E-state index in [0.29, 0.717) is 0 Å². The Morgan fingerprint density at radius 2 is 2.06 bits per heavy atom. The lowest BCUT2D eigenvalue weighted by molar-refractivity contribution is 0.163. The monoisotopic (exact) mass is 286 g/mol. The molecule has 1 N–H and O–H groups in total. The van der Waals surface area contributed by atoms with Crippen molar-refractivity contribution < 1.29 is 4.74 Å². The first kappa shape index (κ1) is 13.5. The smallest absolute Gasteiger partial charge is 0.0589 e. The highest BCUT2D eigenvalue weighted by Gasteiger charge is 1.99. The molecule has 0 aromatic heterocycles. The van der Waals surface area contributed by atoms with Crippen molar-refractivity contribution >= 4 is 21.6 Å². The predicted octanol–water partition coefficient (Wildman–Crippen LogP) is 2.44. The molecule has 0 amide bonds. The molecule has 4 heteroatoms. The number of rotatable bonds is 7. The van der Waals surface area contributed by atoms with Crippen LogP contribution in [0.1, 0.15) is 0 Å². The van der Waals surface area contributed by atoms with Gasteiger partial charge in [-0.15, -0.1) is 0 Å². The molecule has 0 saturated carbocycles. The number of hydrogen-bond acceptors (Lipinski definition) is 3. The molecule has 0 saturated heterocycles. The molecule has 90 valence electrons. The number of anilines is 1. The predicted molar refractivity (Wildman–Crippen MR) is 72.0 cm³/mol. The second-order valence-corrected chi connectivity index (χ2v) is 4.56. The number of ether oxygens (including phenoxy) is 1. The van der Waals surface area contributed by atoms with Gasteiger partial charge >= 0.3 is 0 Å². The minimum absolute atomic E-state index is 0.783. The van der Waals surface area contributed by atoms with Gasteiger partial charge in [0.15, 0.2) is 0 Å². The number of hydrogen-bond donors (Lipinski definition) is 1. The van der Waals surface area contributed by atoms with Gasteiger partial charge in [0.25, 0.3) is 0 Å². The summed E-state index contributed by atoms with van der Waals surface area (Å²) in [6.07, 6.45) is 0. The average Bonchev–Trinajstić information content (AvgIpc) is 2.29. The van der Waals surface area contributed by atoms with Gasteiger partial charge in [-0.3, -0.25) is 0 Å². The molecule has 3 nitrogen and oxygen atoms in total. The lowest BCUT2D eigenvalue weighted by Crippen LogP contribution is -2.28.